The Kier molecular flexibility index (Phi) is 3.28. The van der Waals surface area contributed by atoms with Crippen LogP contribution in [0.15, 0.2) is 30.3 Å². The van der Waals surface area contributed by atoms with Crippen molar-refractivity contribution in [1.29, 1.82) is 0 Å². The van der Waals surface area contributed by atoms with Crippen LogP contribution in [0.1, 0.15) is 42.3 Å². The van der Waals surface area contributed by atoms with Crippen molar-refractivity contribution in [1.82, 2.24) is 0 Å². The van der Waals surface area contributed by atoms with Crippen LogP contribution >= 0.6 is 0 Å². The standard InChI is InChI=1S/C16H18O/c1-4-12-6-7-13-8-9-15(11(3)17)14(5-2)16(13)10-12/h6-10H,4-5H2,1-3H3. The third-order valence-corrected chi connectivity index (χ3v) is 3.34. The Hall–Kier alpha value is -1.63. The number of rotatable bonds is 3. The summed E-state index contributed by atoms with van der Waals surface area (Å²) < 4.78 is 0. The summed E-state index contributed by atoms with van der Waals surface area (Å²) >= 11 is 0. The van der Waals surface area contributed by atoms with Gasteiger partial charge in [-0.25, -0.2) is 0 Å². The molecule has 0 amide bonds. The SMILES string of the molecule is CCc1ccc2ccc(C(C)=O)c(CC)c2c1. The van der Waals surface area contributed by atoms with Gasteiger partial charge in [0, 0.05) is 5.56 Å². The quantitative estimate of drug-likeness (QED) is 0.718. The van der Waals surface area contributed by atoms with E-state index in [9.17, 15) is 4.79 Å². The van der Waals surface area contributed by atoms with Crippen LogP contribution in [0.5, 0.6) is 0 Å². The topological polar surface area (TPSA) is 17.1 Å². The van der Waals surface area contributed by atoms with Gasteiger partial charge in [0.2, 0.25) is 0 Å². The maximum absolute atomic E-state index is 11.6. The van der Waals surface area contributed by atoms with Crippen LogP contribution in [-0.4, -0.2) is 5.78 Å². The van der Waals surface area contributed by atoms with Crippen LogP contribution < -0.4 is 0 Å². The van der Waals surface area contributed by atoms with E-state index in [0.29, 0.717) is 0 Å². The van der Waals surface area contributed by atoms with E-state index in [0.717, 1.165) is 18.4 Å². The molecule has 17 heavy (non-hydrogen) atoms. The minimum absolute atomic E-state index is 0.158. The lowest BCUT2D eigenvalue weighted by molar-refractivity contribution is 0.101. The fourth-order valence-electron chi connectivity index (χ4n) is 2.36. The van der Waals surface area contributed by atoms with Crippen LogP contribution in [-0.2, 0) is 12.8 Å². The molecular formula is C16H18O. The molecule has 0 saturated heterocycles. The summed E-state index contributed by atoms with van der Waals surface area (Å²) in [5.41, 5.74) is 3.38. The highest BCUT2D eigenvalue weighted by atomic mass is 16.1. The average molecular weight is 226 g/mol. The number of carbonyl (C=O) groups is 1. The second kappa shape index (κ2) is 4.70. The van der Waals surface area contributed by atoms with Crippen molar-refractivity contribution in [3.63, 3.8) is 0 Å². The highest BCUT2D eigenvalue weighted by Gasteiger charge is 2.09. The molecular weight excluding hydrogens is 208 g/mol. The first-order valence-electron chi connectivity index (χ1n) is 6.22. The average Bonchev–Trinajstić information content (AvgIpc) is 2.36. The molecule has 1 nitrogen and oxygen atoms in total. The van der Waals surface area contributed by atoms with Gasteiger partial charge < -0.3 is 0 Å². The van der Waals surface area contributed by atoms with Gasteiger partial charge >= 0.3 is 0 Å². The van der Waals surface area contributed by atoms with Crippen molar-refractivity contribution in [3.8, 4) is 0 Å². The number of fused-ring (bicyclic) bond motifs is 1. The molecule has 0 aromatic heterocycles. The molecule has 0 aliphatic heterocycles. The number of benzene rings is 2. The molecule has 0 saturated carbocycles. The monoisotopic (exact) mass is 226 g/mol. The molecule has 0 radical (unpaired) electrons. The number of hydrogen-bond donors (Lipinski definition) is 0. The molecule has 0 atom stereocenters. The molecule has 0 N–H and O–H groups in total. The van der Waals surface area contributed by atoms with Gasteiger partial charge in [-0.2, -0.15) is 0 Å². The van der Waals surface area contributed by atoms with Crippen molar-refractivity contribution < 1.29 is 4.79 Å². The molecule has 0 fully saturated rings. The van der Waals surface area contributed by atoms with E-state index in [-0.39, 0.29) is 5.78 Å². The number of carbonyl (C=O) groups excluding carboxylic acids is 1. The Morgan fingerprint density at radius 2 is 1.76 bits per heavy atom. The smallest absolute Gasteiger partial charge is 0.160 e. The van der Waals surface area contributed by atoms with E-state index in [1.54, 1.807) is 6.92 Å². The van der Waals surface area contributed by atoms with Crippen LogP contribution in [0.25, 0.3) is 10.8 Å². The molecule has 88 valence electrons. The highest BCUT2D eigenvalue weighted by Crippen LogP contribution is 2.25. The predicted octanol–water partition coefficient (Wildman–Crippen LogP) is 4.17. The molecule has 0 aliphatic rings. The first-order valence-corrected chi connectivity index (χ1v) is 6.22. The third-order valence-electron chi connectivity index (χ3n) is 3.34. The van der Waals surface area contributed by atoms with Gasteiger partial charge in [-0.3, -0.25) is 4.79 Å². The second-order valence-corrected chi connectivity index (χ2v) is 4.41. The fourth-order valence-corrected chi connectivity index (χ4v) is 2.36. The molecule has 0 aliphatic carbocycles. The lowest BCUT2D eigenvalue weighted by atomic mass is 9.93. The lowest BCUT2D eigenvalue weighted by Gasteiger charge is -2.10. The van der Waals surface area contributed by atoms with Gasteiger partial charge in [-0.1, -0.05) is 44.2 Å². The Balaban J connectivity index is 2.78. The van der Waals surface area contributed by atoms with Gasteiger partial charge in [-0.05, 0) is 41.7 Å². The number of aryl methyl sites for hydroxylation is 2. The Bertz CT molecular complexity index is 567. The molecule has 0 spiro atoms. The Morgan fingerprint density at radius 3 is 2.35 bits per heavy atom. The summed E-state index contributed by atoms with van der Waals surface area (Å²) in [4.78, 5) is 11.6. The number of Topliss-reactive ketones (excluding diaryl/α,β-unsaturated/α-hetero) is 1. The van der Waals surface area contributed by atoms with E-state index < -0.39 is 0 Å². The molecule has 0 bridgehead atoms. The van der Waals surface area contributed by atoms with Crippen molar-refractivity contribution in [2.45, 2.75) is 33.6 Å². The summed E-state index contributed by atoms with van der Waals surface area (Å²) in [6, 6.07) is 10.5. The molecule has 0 heterocycles. The van der Waals surface area contributed by atoms with Gasteiger partial charge in [0.15, 0.2) is 5.78 Å². The molecule has 1 heteroatoms. The van der Waals surface area contributed by atoms with Crippen LogP contribution in [0.4, 0.5) is 0 Å². The van der Waals surface area contributed by atoms with Crippen LogP contribution in [0.2, 0.25) is 0 Å². The number of hydrogen-bond acceptors (Lipinski definition) is 1. The first-order chi connectivity index (χ1) is 8.17. The van der Waals surface area contributed by atoms with E-state index in [2.05, 4.69) is 32.0 Å². The molecule has 0 unspecified atom stereocenters. The Morgan fingerprint density at radius 1 is 1.06 bits per heavy atom. The van der Waals surface area contributed by atoms with Crippen molar-refractivity contribution >= 4 is 16.6 Å². The summed E-state index contributed by atoms with van der Waals surface area (Å²) in [6.45, 7) is 5.91. The van der Waals surface area contributed by atoms with Crippen molar-refractivity contribution in [2.75, 3.05) is 0 Å². The van der Waals surface area contributed by atoms with Crippen LogP contribution in [0, 0.1) is 0 Å². The van der Waals surface area contributed by atoms with E-state index in [1.165, 1.54) is 21.9 Å². The van der Waals surface area contributed by atoms with Gasteiger partial charge in [0.05, 0.1) is 0 Å². The maximum atomic E-state index is 11.6. The van der Waals surface area contributed by atoms with Gasteiger partial charge in [0.1, 0.15) is 0 Å². The van der Waals surface area contributed by atoms with Gasteiger partial charge in [-0.15, -0.1) is 0 Å². The largest absolute Gasteiger partial charge is 0.295 e. The fraction of sp³-hybridized carbons (Fsp3) is 0.312. The van der Waals surface area contributed by atoms with E-state index >= 15 is 0 Å². The summed E-state index contributed by atoms with van der Waals surface area (Å²) in [6.07, 6.45) is 1.93. The number of ketones is 1. The van der Waals surface area contributed by atoms with E-state index in [4.69, 9.17) is 0 Å². The second-order valence-electron chi connectivity index (χ2n) is 4.41. The summed E-state index contributed by atoms with van der Waals surface area (Å²) in [5.74, 6) is 0.158. The minimum atomic E-state index is 0.158. The zero-order chi connectivity index (χ0) is 12.4. The summed E-state index contributed by atoms with van der Waals surface area (Å²) in [7, 11) is 0. The maximum Gasteiger partial charge on any atom is 0.160 e. The van der Waals surface area contributed by atoms with Crippen molar-refractivity contribution in [2.24, 2.45) is 0 Å². The summed E-state index contributed by atoms with van der Waals surface area (Å²) in [5, 5.41) is 2.46. The van der Waals surface area contributed by atoms with E-state index in [1.807, 2.05) is 12.1 Å². The molecule has 2 aromatic rings. The normalized spacial score (nSPS) is 10.8. The third kappa shape index (κ3) is 2.10. The zero-order valence-corrected chi connectivity index (χ0v) is 10.7. The first kappa shape index (κ1) is 11.8. The van der Waals surface area contributed by atoms with Gasteiger partial charge in [0.25, 0.3) is 0 Å². The zero-order valence-electron chi connectivity index (χ0n) is 10.7. The highest BCUT2D eigenvalue weighted by molar-refractivity contribution is 6.01. The van der Waals surface area contributed by atoms with Crippen molar-refractivity contribution in [3.05, 3.63) is 47.0 Å². The predicted molar refractivity (Wildman–Crippen MR) is 72.7 cm³/mol. The van der Waals surface area contributed by atoms with Crippen LogP contribution in [0.3, 0.4) is 0 Å². The minimum Gasteiger partial charge on any atom is -0.295 e. The molecule has 2 rings (SSSR count). The lowest BCUT2D eigenvalue weighted by Crippen LogP contribution is -1.99. The molecule has 2 aromatic carbocycles. The Labute approximate surface area is 102 Å².